The Morgan fingerprint density at radius 1 is 0.474 bits per heavy atom. The van der Waals surface area contributed by atoms with E-state index in [1.165, 1.54) is 0 Å². The first-order valence-electron chi connectivity index (χ1n) is 12.6. The second-order valence-corrected chi connectivity index (χ2v) is 12.2. The fourth-order valence-corrected chi connectivity index (χ4v) is 8.12. The number of carbonyl (C=O) groups is 2. The van der Waals surface area contributed by atoms with Gasteiger partial charge < -0.3 is 4.57 Å². The summed E-state index contributed by atoms with van der Waals surface area (Å²) in [5.74, 6) is 0. The van der Waals surface area contributed by atoms with E-state index in [2.05, 4.69) is 0 Å². The van der Waals surface area contributed by atoms with Gasteiger partial charge >= 0.3 is 0 Å². The smallest absolute Gasteiger partial charge is 0.249 e. The van der Waals surface area contributed by atoms with Crippen LogP contribution < -0.4 is 5.30 Å². The molecule has 0 aromatic heterocycles. The number of rotatable bonds is 5. The van der Waals surface area contributed by atoms with Crippen LogP contribution in [0.3, 0.4) is 0 Å². The first kappa shape index (κ1) is 24.0. The molecule has 0 saturated carbocycles. The number of benzene rings is 6. The first-order valence-corrected chi connectivity index (χ1v) is 14.3. The lowest BCUT2D eigenvalue weighted by molar-refractivity contribution is 0.104. The fourth-order valence-electron chi connectivity index (χ4n) is 5.44. The summed E-state index contributed by atoms with van der Waals surface area (Å²) in [6.07, 6.45) is 0. The maximum atomic E-state index is 15.5. The summed E-state index contributed by atoms with van der Waals surface area (Å²) in [5.41, 5.74) is 0.811. The molecule has 0 fully saturated rings. The molecule has 6 rings (SSSR count). The van der Waals surface area contributed by atoms with Gasteiger partial charge in [-0.2, -0.15) is 0 Å². The van der Waals surface area contributed by atoms with Crippen LogP contribution in [-0.2, 0) is 4.57 Å². The molecular formula is C34H25O3P. The number of carbonyl (C=O) groups excluding carboxylic acids is 2. The van der Waals surface area contributed by atoms with Crippen molar-refractivity contribution in [3.05, 3.63) is 138 Å². The minimum Gasteiger partial charge on any atom is -0.302 e. The average molecular weight is 513 g/mol. The van der Waals surface area contributed by atoms with Gasteiger partial charge in [0.25, 0.3) is 0 Å². The van der Waals surface area contributed by atoms with E-state index in [-0.39, 0.29) is 5.30 Å². The van der Waals surface area contributed by atoms with Crippen LogP contribution in [0.2, 0.25) is 0 Å². The molecule has 0 saturated heterocycles. The van der Waals surface area contributed by atoms with Gasteiger partial charge in [-0.3, -0.25) is 9.59 Å². The average Bonchev–Trinajstić information content (AvgIpc) is 2.95. The zero-order valence-corrected chi connectivity index (χ0v) is 22.0. The zero-order valence-electron chi connectivity index (χ0n) is 21.1. The largest absolute Gasteiger partial charge is 0.302 e. The van der Waals surface area contributed by atoms with Crippen molar-refractivity contribution in [2.24, 2.45) is 0 Å². The highest BCUT2D eigenvalue weighted by Gasteiger charge is 2.45. The predicted octanol–water partition coefficient (Wildman–Crippen LogP) is 8.43. The standard InChI is InChI=1S/C34H25O3P/c1-22-18-20-25-11-4-7-15-28(25)31(22)33(35)38(37,30-17-9-13-24-10-3-6-14-27(24)30)34(36)32-23(2)19-21-26-12-5-8-16-29(26)32/h3-21H,1-2H3. The zero-order chi connectivity index (χ0) is 26.4. The van der Waals surface area contributed by atoms with Gasteiger partial charge in [0.1, 0.15) is 0 Å². The minimum absolute atomic E-state index is 0.283. The van der Waals surface area contributed by atoms with E-state index >= 15 is 4.57 Å². The molecule has 0 radical (unpaired) electrons. The summed E-state index contributed by atoms with van der Waals surface area (Å²) in [5, 5.41) is 4.87. The highest BCUT2D eigenvalue weighted by Crippen LogP contribution is 2.54. The molecule has 0 heterocycles. The Kier molecular flexibility index (Phi) is 5.82. The second-order valence-electron chi connectivity index (χ2n) is 9.68. The molecule has 6 aromatic carbocycles. The van der Waals surface area contributed by atoms with Crippen LogP contribution in [0.5, 0.6) is 0 Å². The van der Waals surface area contributed by atoms with E-state index in [1.807, 2.05) is 117 Å². The van der Waals surface area contributed by atoms with Crippen LogP contribution in [0.1, 0.15) is 31.8 Å². The molecule has 6 aromatic rings. The molecule has 0 aliphatic heterocycles. The van der Waals surface area contributed by atoms with Crippen LogP contribution in [0, 0.1) is 13.8 Å². The van der Waals surface area contributed by atoms with Crippen molar-refractivity contribution in [1.29, 1.82) is 0 Å². The van der Waals surface area contributed by atoms with Gasteiger partial charge in [-0.05, 0) is 63.4 Å². The molecule has 0 aliphatic rings. The van der Waals surface area contributed by atoms with E-state index in [0.29, 0.717) is 38.4 Å². The lowest BCUT2D eigenvalue weighted by atomic mass is 10.0. The van der Waals surface area contributed by atoms with E-state index in [1.54, 1.807) is 12.1 Å². The summed E-state index contributed by atoms with van der Waals surface area (Å²) in [6.45, 7) is 3.67. The molecule has 0 aliphatic carbocycles. The lowest BCUT2D eigenvalue weighted by Gasteiger charge is -2.22. The summed E-state index contributed by atoms with van der Waals surface area (Å²) >= 11 is 0. The molecule has 0 atom stereocenters. The first-order chi connectivity index (χ1) is 18.4. The molecule has 0 N–H and O–H groups in total. The van der Waals surface area contributed by atoms with Crippen molar-refractivity contribution in [2.45, 2.75) is 13.8 Å². The predicted molar refractivity (Wildman–Crippen MR) is 157 cm³/mol. The van der Waals surface area contributed by atoms with Crippen LogP contribution in [0.4, 0.5) is 0 Å². The molecule has 3 nitrogen and oxygen atoms in total. The minimum atomic E-state index is -4.38. The van der Waals surface area contributed by atoms with Gasteiger partial charge in [-0.25, -0.2) is 0 Å². The summed E-state index contributed by atoms with van der Waals surface area (Å²) in [4.78, 5) is 29.4. The monoisotopic (exact) mass is 512 g/mol. The van der Waals surface area contributed by atoms with Gasteiger partial charge in [-0.1, -0.05) is 109 Å². The maximum Gasteiger partial charge on any atom is 0.249 e. The molecule has 0 spiro atoms. The number of hydrogen-bond acceptors (Lipinski definition) is 3. The third-order valence-corrected chi connectivity index (χ3v) is 10.0. The summed E-state index contributed by atoms with van der Waals surface area (Å²) < 4.78 is 15.5. The third kappa shape index (κ3) is 3.62. The van der Waals surface area contributed by atoms with Crippen LogP contribution in [0.25, 0.3) is 32.3 Å². The molecule has 4 heteroatoms. The van der Waals surface area contributed by atoms with Crippen molar-refractivity contribution in [1.82, 2.24) is 0 Å². The lowest BCUT2D eigenvalue weighted by Crippen LogP contribution is -2.23. The molecule has 0 bridgehead atoms. The van der Waals surface area contributed by atoms with Crippen molar-refractivity contribution in [3.63, 3.8) is 0 Å². The molecular weight excluding hydrogens is 487 g/mol. The number of fused-ring (bicyclic) bond motifs is 3. The van der Waals surface area contributed by atoms with Crippen molar-refractivity contribution < 1.29 is 14.2 Å². The van der Waals surface area contributed by atoms with E-state index in [9.17, 15) is 9.59 Å². The summed E-state index contributed by atoms with van der Waals surface area (Å²) in [7, 11) is -4.38. The number of hydrogen-bond donors (Lipinski definition) is 0. The van der Waals surface area contributed by atoms with Gasteiger partial charge in [0.2, 0.25) is 18.2 Å². The van der Waals surface area contributed by atoms with Crippen LogP contribution >= 0.6 is 7.14 Å². The van der Waals surface area contributed by atoms with Gasteiger partial charge in [0.05, 0.1) is 0 Å². The van der Waals surface area contributed by atoms with Gasteiger partial charge in [-0.15, -0.1) is 0 Å². The van der Waals surface area contributed by atoms with Crippen molar-refractivity contribution in [3.8, 4) is 0 Å². The third-order valence-electron chi connectivity index (χ3n) is 7.38. The quantitative estimate of drug-likeness (QED) is 0.218. The summed E-state index contributed by atoms with van der Waals surface area (Å²) in [6, 6.07) is 35.5. The molecule has 0 amide bonds. The van der Waals surface area contributed by atoms with E-state index in [4.69, 9.17) is 0 Å². The maximum absolute atomic E-state index is 15.5. The highest BCUT2D eigenvalue weighted by atomic mass is 31.2. The van der Waals surface area contributed by atoms with Crippen molar-refractivity contribution in [2.75, 3.05) is 0 Å². The number of aryl methyl sites for hydroxylation is 2. The normalized spacial score (nSPS) is 11.7. The topological polar surface area (TPSA) is 51.2 Å². The van der Waals surface area contributed by atoms with Gasteiger partial charge in [0.15, 0.2) is 0 Å². The van der Waals surface area contributed by atoms with E-state index < -0.39 is 18.2 Å². The van der Waals surface area contributed by atoms with Crippen LogP contribution in [0.15, 0.2) is 115 Å². The molecule has 0 unspecified atom stereocenters. The Hall–Kier alpha value is -4.33. The van der Waals surface area contributed by atoms with E-state index in [0.717, 1.165) is 16.2 Å². The SMILES string of the molecule is Cc1ccc2ccccc2c1C(=O)P(=O)(C(=O)c1c(C)ccc2ccccc12)c1cccc2ccccc12. The second kappa shape index (κ2) is 9.20. The Labute approximate surface area is 221 Å². The van der Waals surface area contributed by atoms with Crippen LogP contribution in [-0.4, -0.2) is 11.0 Å². The Morgan fingerprint density at radius 2 is 0.868 bits per heavy atom. The fraction of sp³-hybridized carbons (Fsp3) is 0.0588. The highest BCUT2D eigenvalue weighted by molar-refractivity contribution is 8.01. The van der Waals surface area contributed by atoms with Crippen molar-refractivity contribution >= 4 is 55.8 Å². The Morgan fingerprint density at radius 3 is 1.37 bits per heavy atom. The van der Waals surface area contributed by atoms with Gasteiger partial charge in [0, 0.05) is 16.4 Å². The molecule has 38 heavy (non-hydrogen) atoms. The Bertz CT molecular complexity index is 1860. The molecule has 184 valence electrons. The Balaban J connectivity index is 1.72.